The van der Waals surface area contributed by atoms with Gasteiger partial charge < -0.3 is 9.84 Å². The van der Waals surface area contributed by atoms with Gasteiger partial charge in [-0.1, -0.05) is 13.8 Å². The molecule has 0 spiro atoms. The molecule has 0 aliphatic heterocycles. The van der Waals surface area contributed by atoms with Crippen LogP contribution in [-0.2, 0) is 6.54 Å². The average molecular weight is 255 g/mol. The van der Waals surface area contributed by atoms with Crippen LogP contribution in [0.5, 0.6) is 5.75 Å². The van der Waals surface area contributed by atoms with Crippen LogP contribution in [0.2, 0.25) is 0 Å². The van der Waals surface area contributed by atoms with Gasteiger partial charge in [0.1, 0.15) is 11.6 Å². The van der Waals surface area contributed by atoms with E-state index in [-0.39, 0.29) is 18.5 Å². The fourth-order valence-electron chi connectivity index (χ4n) is 2.12. The molecule has 0 aromatic heterocycles. The van der Waals surface area contributed by atoms with Gasteiger partial charge in [0.15, 0.2) is 0 Å². The zero-order chi connectivity index (χ0) is 13.7. The Bertz CT molecular complexity index is 382. The van der Waals surface area contributed by atoms with Crippen molar-refractivity contribution in [3.05, 3.63) is 29.6 Å². The van der Waals surface area contributed by atoms with Crippen molar-refractivity contribution in [2.75, 3.05) is 20.8 Å². The zero-order valence-electron chi connectivity index (χ0n) is 11.5. The second-order valence-corrected chi connectivity index (χ2v) is 4.87. The molecule has 4 heteroatoms. The van der Waals surface area contributed by atoms with E-state index in [1.807, 2.05) is 11.9 Å². The number of hydrogen-bond donors (Lipinski definition) is 1. The summed E-state index contributed by atoms with van der Waals surface area (Å²) in [6.07, 6.45) is 0. The van der Waals surface area contributed by atoms with Crippen LogP contribution >= 0.6 is 0 Å². The normalized spacial score (nSPS) is 13.1. The van der Waals surface area contributed by atoms with Crippen molar-refractivity contribution in [2.45, 2.75) is 26.4 Å². The van der Waals surface area contributed by atoms with Gasteiger partial charge in [0, 0.05) is 18.2 Å². The Balaban J connectivity index is 2.86. The zero-order valence-corrected chi connectivity index (χ0v) is 11.5. The van der Waals surface area contributed by atoms with E-state index in [4.69, 9.17) is 4.74 Å². The third-order valence-electron chi connectivity index (χ3n) is 3.18. The van der Waals surface area contributed by atoms with Gasteiger partial charge in [-0.25, -0.2) is 4.39 Å². The number of methoxy groups -OCH3 is 1. The maximum Gasteiger partial charge on any atom is 0.123 e. The first kappa shape index (κ1) is 14.9. The van der Waals surface area contributed by atoms with Gasteiger partial charge in [-0.2, -0.15) is 0 Å². The van der Waals surface area contributed by atoms with Crippen LogP contribution in [0.1, 0.15) is 19.4 Å². The van der Waals surface area contributed by atoms with Crippen LogP contribution in [0, 0.1) is 11.7 Å². The molecule has 1 atom stereocenters. The maximum atomic E-state index is 13.3. The molecule has 0 aliphatic carbocycles. The summed E-state index contributed by atoms with van der Waals surface area (Å²) in [5.41, 5.74) is 0.791. The van der Waals surface area contributed by atoms with E-state index in [1.165, 1.54) is 12.1 Å². The topological polar surface area (TPSA) is 32.7 Å². The average Bonchev–Trinajstić information content (AvgIpc) is 2.29. The Morgan fingerprint density at radius 3 is 2.56 bits per heavy atom. The van der Waals surface area contributed by atoms with E-state index in [1.54, 1.807) is 13.2 Å². The minimum Gasteiger partial charge on any atom is -0.496 e. The van der Waals surface area contributed by atoms with Gasteiger partial charge in [0.25, 0.3) is 0 Å². The van der Waals surface area contributed by atoms with Crippen LogP contribution in [-0.4, -0.2) is 36.8 Å². The molecule has 0 saturated carbocycles. The minimum atomic E-state index is -0.274. The molecule has 102 valence electrons. The molecule has 0 bridgehead atoms. The molecule has 0 radical (unpaired) electrons. The lowest BCUT2D eigenvalue weighted by atomic mass is 10.0. The quantitative estimate of drug-likeness (QED) is 0.846. The Morgan fingerprint density at radius 1 is 1.39 bits per heavy atom. The van der Waals surface area contributed by atoms with Gasteiger partial charge in [0.2, 0.25) is 0 Å². The van der Waals surface area contributed by atoms with Gasteiger partial charge in [-0.3, -0.25) is 4.90 Å². The predicted octanol–water partition coefficient (Wildman–Crippen LogP) is 2.28. The first-order chi connectivity index (χ1) is 8.49. The molecule has 0 fully saturated rings. The highest BCUT2D eigenvalue weighted by Crippen LogP contribution is 2.22. The summed E-state index contributed by atoms with van der Waals surface area (Å²) < 4.78 is 18.5. The van der Waals surface area contributed by atoms with Crippen LogP contribution in [0.25, 0.3) is 0 Å². The second-order valence-electron chi connectivity index (χ2n) is 4.87. The Hall–Kier alpha value is -1.13. The molecule has 0 aliphatic rings. The van der Waals surface area contributed by atoms with Gasteiger partial charge in [-0.15, -0.1) is 0 Å². The van der Waals surface area contributed by atoms with Crippen molar-refractivity contribution in [3.63, 3.8) is 0 Å². The van der Waals surface area contributed by atoms with Gasteiger partial charge in [0.05, 0.1) is 13.7 Å². The molecule has 1 aromatic rings. The molecule has 1 N–H and O–H groups in total. The molecule has 1 rings (SSSR count). The number of hydrogen-bond acceptors (Lipinski definition) is 3. The fourth-order valence-corrected chi connectivity index (χ4v) is 2.12. The Morgan fingerprint density at radius 2 is 2.06 bits per heavy atom. The third-order valence-corrected chi connectivity index (χ3v) is 3.18. The maximum absolute atomic E-state index is 13.3. The molecule has 0 heterocycles. The molecular weight excluding hydrogens is 233 g/mol. The molecule has 1 aromatic carbocycles. The number of ether oxygens (including phenoxy) is 1. The van der Waals surface area contributed by atoms with E-state index < -0.39 is 0 Å². The standard InChI is InChI=1S/C14H22FNO2/c1-10(2)13(9-17)16(3)8-11-7-12(15)5-6-14(11)18-4/h5-7,10,13,17H,8-9H2,1-4H3. The summed E-state index contributed by atoms with van der Waals surface area (Å²) in [5, 5.41) is 9.38. The number of likely N-dealkylation sites (N-methyl/N-ethyl adjacent to an activating group) is 1. The van der Waals surface area contributed by atoms with Gasteiger partial charge >= 0.3 is 0 Å². The van der Waals surface area contributed by atoms with Crippen molar-refractivity contribution in [3.8, 4) is 5.75 Å². The van der Waals surface area contributed by atoms with Crippen molar-refractivity contribution in [1.82, 2.24) is 4.90 Å². The summed E-state index contributed by atoms with van der Waals surface area (Å²) >= 11 is 0. The highest BCUT2D eigenvalue weighted by molar-refractivity contribution is 5.33. The summed E-state index contributed by atoms with van der Waals surface area (Å²) in [7, 11) is 3.49. The molecule has 0 amide bonds. The molecule has 3 nitrogen and oxygen atoms in total. The largest absolute Gasteiger partial charge is 0.496 e. The van der Waals surface area contributed by atoms with Gasteiger partial charge in [-0.05, 0) is 31.2 Å². The lowest BCUT2D eigenvalue weighted by Crippen LogP contribution is -2.38. The number of nitrogens with zero attached hydrogens (tertiary/aromatic N) is 1. The SMILES string of the molecule is COc1ccc(F)cc1CN(C)C(CO)C(C)C. The second kappa shape index (κ2) is 6.71. The van der Waals surface area contributed by atoms with Crippen LogP contribution in [0.4, 0.5) is 4.39 Å². The van der Waals surface area contributed by atoms with E-state index in [9.17, 15) is 9.50 Å². The summed E-state index contributed by atoms with van der Waals surface area (Å²) in [5.74, 6) is 0.729. The molecule has 0 saturated heterocycles. The highest BCUT2D eigenvalue weighted by Gasteiger charge is 2.19. The number of benzene rings is 1. The lowest BCUT2D eigenvalue weighted by molar-refractivity contribution is 0.107. The number of aliphatic hydroxyl groups is 1. The molecule has 1 unspecified atom stereocenters. The molecule has 18 heavy (non-hydrogen) atoms. The number of halogens is 1. The Kier molecular flexibility index (Phi) is 5.56. The first-order valence-electron chi connectivity index (χ1n) is 6.13. The Labute approximate surface area is 108 Å². The van der Waals surface area contributed by atoms with Crippen molar-refractivity contribution < 1.29 is 14.2 Å². The monoisotopic (exact) mass is 255 g/mol. The van der Waals surface area contributed by atoms with Crippen LogP contribution in [0.15, 0.2) is 18.2 Å². The fraction of sp³-hybridized carbons (Fsp3) is 0.571. The first-order valence-corrected chi connectivity index (χ1v) is 6.13. The predicted molar refractivity (Wildman–Crippen MR) is 70.1 cm³/mol. The van der Waals surface area contributed by atoms with E-state index >= 15 is 0 Å². The van der Waals surface area contributed by atoms with Crippen molar-refractivity contribution >= 4 is 0 Å². The summed E-state index contributed by atoms with van der Waals surface area (Å²) in [6, 6.07) is 4.54. The van der Waals surface area contributed by atoms with Crippen molar-refractivity contribution in [1.29, 1.82) is 0 Å². The smallest absolute Gasteiger partial charge is 0.123 e. The third kappa shape index (κ3) is 3.68. The minimum absolute atomic E-state index is 0.0537. The van der Waals surface area contributed by atoms with E-state index in [0.717, 1.165) is 5.56 Å². The molecular formula is C14H22FNO2. The van der Waals surface area contributed by atoms with E-state index in [2.05, 4.69) is 13.8 Å². The van der Waals surface area contributed by atoms with Crippen LogP contribution < -0.4 is 4.74 Å². The lowest BCUT2D eigenvalue weighted by Gasteiger charge is -2.30. The van der Waals surface area contributed by atoms with Crippen molar-refractivity contribution in [2.24, 2.45) is 5.92 Å². The number of rotatable bonds is 6. The number of aliphatic hydroxyl groups excluding tert-OH is 1. The van der Waals surface area contributed by atoms with Crippen LogP contribution in [0.3, 0.4) is 0 Å². The summed E-state index contributed by atoms with van der Waals surface area (Å²) in [4.78, 5) is 2.02. The highest BCUT2D eigenvalue weighted by atomic mass is 19.1. The van der Waals surface area contributed by atoms with E-state index in [0.29, 0.717) is 18.2 Å². The summed E-state index contributed by atoms with van der Waals surface area (Å²) in [6.45, 7) is 4.75.